The van der Waals surface area contributed by atoms with Gasteiger partial charge in [-0.1, -0.05) is 36.4 Å². The van der Waals surface area contributed by atoms with Gasteiger partial charge in [-0.3, -0.25) is 9.59 Å². The monoisotopic (exact) mass is 387 g/mol. The van der Waals surface area contributed by atoms with Crippen LogP contribution in [0.2, 0.25) is 0 Å². The van der Waals surface area contributed by atoms with Gasteiger partial charge in [-0.05, 0) is 38.1 Å². The van der Waals surface area contributed by atoms with Crippen molar-refractivity contribution in [3.05, 3.63) is 71.9 Å². The Bertz CT molecular complexity index is 1140. The number of hydrazone groups is 1. The van der Waals surface area contributed by atoms with Gasteiger partial charge in [-0.2, -0.15) is 10.1 Å². The fourth-order valence-electron chi connectivity index (χ4n) is 3.45. The van der Waals surface area contributed by atoms with Crippen LogP contribution in [0.1, 0.15) is 19.4 Å². The maximum absolute atomic E-state index is 13.0. The molecular weight excluding hydrogens is 366 g/mol. The maximum atomic E-state index is 13.0. The van der Waals surface area contributed by atoms with Crippen LogP contribution in [0.15, 0.2) is 71.5 Å². The molecule has 0 bridgehead atoms. The molecule has 0 N–H and O–H groups in total. The number of esters is 1. The Hall–Kier alpha value is -3.67. The van der Waals surface area contributed by atoms with E-state index < -0.39 is 0 Å². The number of rotatable bonds is 5. The highest BCUT2D eigenvalue weighted by atomic mass is 16.5. The number of fused-ring (bicyclic) bond motifs is 1. The molecule has 1 aliphatic heterocycles. The minimum Gasteiger partial charge on any atom is -0.465 e. The number of aromatic nitrogens is 1. The van der Waals surface area contributed by atoms with Gasteiger partial charge in [0.2, 0.25) is 0 Å². The summed E-state index contributed by atoms with van der Waals surface area (Å²) in [7, 11) is 0. The van der Waals surface area contributed by atoms with Crippen molar-refractivity contribution in [1.29, 1.82) is 0 Å². The quantitative estimate of drug-likeness (QED) is 0.491. The van der Waals surface area contributed by atoms with E-state index in [0.717, 1.165) is 22.2 Å². The summed E-state index contributed by atoms with van der Waals surface area (Å²) in [6.45, 7) is 4.07. The van der Waals surface area contributed by atoms with Crippen LogP contribution in [0.25, 0.3) is 17.0 Å². The lowest BCUT2D eigenvalue weighted by atomic mass is 10.1. The number of para-hydroxylation sites is 2. The molecule has 4 rings (SSSR count). The largest absolute Gasteiger partial charge is 0.465 e. The van der Waals surface area contributed by atoms with Gasteiger partial charge in [0, 0.05) is 22.7 Å². The molecule has 3 aromatic rings. The summed E-state index contributed by atoms with van der Waals surface area (Å²) in [5.41, 5.74) is 3.68. The first-order valence-electron chi connectivity index (χ1n) is 9.48. The molecule has 0 radical (unpaired) electrons. The average molecular weight is 387 g/mol. The van der Waals surface area contributed by atoms with Crippen molar-refractivity contribution < 1.29 is 14.3 Å². The fraction of sp³-hybridized carbons (Fsp3) is 0.174. The molecule has 1 aromatic heterocycles. The summed E-state index contributed by atoms with van der Waals surface area (Å²) in [5, 5.41) is 6.80. The molecule has 0 saturated carbocycles. The number of amides is 1. The minimum atomic E-state index is -0.294. The van der Waals surface area contributed by atoms with Gasteiger partial charge in [-0.25, -0.2) is 0 Å². The Morgan fingerprint density at radius 2 is 1.83 bits per heavy atom. The minimum absolute atomic E-state index is 0.120. The summed E-state index contributed by atoms with van der Waals surface area (Å²) < 4.78 is 6.93. The summed E-state index contributed by atoms with van der Waals surface area (Å²) in [6.07, 6.45) is 3.72. The number of nitrogens with zero attached hydrogens (tertiary/aromatic N) is 3. The molecule has 2 heterocycles. The van der Waals surface area contributed by atoms with Gasteiger partial charge in [-0.15, -0.1) is 0 Å². The third-order valence-electron chi connectivity index (χ3n) is 4.79. The van der Waals surface area contributed by atoms with Crippen LogP contribution in [0.4, 0.5) is 5.69 Å². The number of carbonyl (C=O) groups is 2. The van der Waals surface area contributed by atoms with E-state index >= 15 is 0 Å². The summed E-state index contributed by atoms with van der Waals surface area (Å²) in [5.74, 6) is -0.465. The number of ether oxygens (including phenoxy) is 1. The number of hydrogen-bond acceptors (Lipinski definition) is 4. The van der Waals surface area contributed by atoms with Gasteiger partial charge >= 0.3 is 5.97 Å². The van der Waals surface area contributed by atoms with Crippen LogP contribution < -0.4 is 5.01 Å². The maximum Gasteiger partial charge on any atom is 0.325 e. The molecule has 0 aliphatic carbocycles. The SMILES string of the molecule is CCOC(=O)Cn1cc(C=C2C(=O)N(c3ccccc3)N=C2C)c2ccccc21. The number of hydrogen-bond donors (Lipinski definition) is 0. The third-order valence-corrected chi connectivity index (χ3v) is 4.79. The summed E-state index contributed by atoms with van der Waals surface area (Å²) in [6, 6.07) is 17.1. The van der Waals surface area contributed by atoms with E-state index in [1.54, 1.807) is 6.92 Å². The van der Waals surface area contributed by atoms with Crippen molar-refractivity contribution in [2.75, 3.05) is 11.6 Å². The van der Waals surface area contributed by atoms with E-state index in [1.165, 1.54) is 5.01 Å². The molecule has 1 amide bonds. The first kappa shape index (κ1) is 18.7. The van der Waals surface area contributed by atoms with E-state index in [9.17, 15) is 9.59 Å². The van der Waals surface area contributed by atoms with Crippen molar-refractivity contribution in [3.63, 3.8) is 0 Å². The lowest BCUT2D eigenvalue weighted by Gasteiger charge is -2.10. The topological polar surface area (TPSA) is 63.9 Å². The van der Waals surface area contributed by atoms with Gasteiger partial charge in [0.1, 0.15) is 6.54 Å². The second-order valence-electron chi connectivity index (χ2n) is 6.73. The zero-order valence-corrected chi connectivity index (χ0v) is 16.3. The molecule has 1 aliphatic rings. The average Bonchev–Trinajstić information content (AvgIpc) is 3.21. The van der Waals surface area contributed by atoms with Gasteiger partial charge < -0.3 is 9.30 Å². The van der Waals surface area contributed by atoms with Crippen molar-refractivity contribution in [2.45, 2.75) is 20.4 Å². The van der Waals surface area contributed by atoms with Crippen LogP contribution in [-0.4, -0.2) is 28.8 Å². The molecule has 0 fully saturated rings. The fourth-order valence-corrected chi connectivity index (χ4v) is 3.45. The molecule has 29 heavy (non-hydrogen) atoms. The number of carbonyl (C=O) groups excluding carboxylic acids is 2. The van der Waals surface area contributed by atoms with E-state index in [2.05, 4.69) is 5.10 Å². The summed E-state index contributed by atoms with van der Waals surface area (Å²) >= 11 is 0. The Morgan fingerprint density at radius 3 is 2.59 bits per heavy atom. The van der Waals surface area contributed by atoms with Gasteiger partial charge in [0.05, 0.1) is 23.6 Å². The van der Waals surface area contributed by atoms with Gasteiger partial charge in [0.25, 0.3) is 5.91 Å². The molecule has 2 aromatic carbocycles. The molecule has 0 saturated heterocycles. The van der Waals surface area contributed by atoms with E-state index in [1.807, 2.05) is 78.4 Å². The Kier molecular flexibility index (Phi) is 4.99. The van der Waals surface area contributed by atoms with Crippen LogP contribution >= 0.6 is 0 Å². The second kappa shape index (κ2) is 7.75. The van der Waals surface area contributed by atoms with E-state index in [4.69, 9.17) is 4.74 Å². The Morgan fingerprint density at radius 1 is 1.10 bits per heavy atom. The molecule has 6 heteroatoms. The van der Waals surface area contributed by atoms with Crippen LogP contribution in [0.5, 0.6) is 0 Å². The van der Waals surface area contributed by atoms with Crippen LogP contribution in [-0.2, 0) is 20.9 Å². The molecule has 0 atom stereocenters. The normalized spacial score (nSPS) is 15.2. The van der Waals surface area contributed by atoms with Crippen molar-refractivity contribution in [2.24, 2.45) is 5.10 Å². The predicted octanol–water partition coefficient (Wildman–Crippen LogP) is 4.01. The second-order valence-corrected chi connectivity index (χ2v) is 6.73. The highest BCUT2D eigenvalue weighted by Gasteiger charge is 2.29. The van der Waals surface area contributed by atoms with E-state index in [-0.39, 0.29) is 18.4 Å². The molecule has 0 spiro atoms. The lowest BCUT2D eigenvalue weighted by molar-refractivity contribution is -0.143. The van der Waals surface area contributed by atoms with Crippen molar-refractivity contribution >= 4 is 40.3 Å². The van der Waals surface area contributed by atoms with E-state index in [0.29, 0.717) is 17.9 Å². The third kappa shape index (κ3) is 3.57. The molecular formula is C23H21N3O3. The highest BCUT2D eigenvalue weighted by Crippen LogP contribution is 2.28. The number of benzene rings is 2. The van der Waals surface area contributed by atoms with Crippen LogP contribution in [0, 0.1) is 0 Å². The summed E-state index contributed by atoms with van der Waals surface area (Å²) in [4.78, 5) is 25.0. The standard InChI is InChI=1S/C23H21N3O3/c1-3-29-22(27)15-25-14-17(19-11-7-8-12-21(19)25)13-20-16(2)24-26(23(20)28)18-9-5-4-6-10-18/h4-14H,3,15H2,1-2H3. The molecule has 146 valence electrons. The molecule has 0 unspecified atom stereocenters. The highest BCUT2D eigenvalue weighted by molar-refractivity contribution is 6.32. The zero-order chi connectivity index (χ0) is 20.4. The zero-order valence-electron chi connectivity index (χ0n) is 16.3. The Balaban J connectivity index is 1.72. The van der Waals surface area contributed by atoms with Crippen LogP contribution in [0.3, 0.4) is 0 Å². The van der Waals surface area contributed by atoms with Crippen molar-refractivity contribution in [1.82, 2.24) is 4.57 Å². The predicted molar refractivity (Wildman–Crippen MR) is 114 cm³/mol. The first-order chi connectivity index (χ1) is 14.1. The number of anilines is 1. The lowest BCUT2D eigenvalue weighted by Crippen LogP contribution is -2.21. The first-order valence-corrected chi connectivity index (χ1v) is 9.48. The smallest absolute Gasteiger partial charge is 0.325 e. The van der Waals surface area contributed by atoms with Crippen molar-refractivity contribution in [3.8, 4) is 0 Å². The van der Waals surface area contributed by atoms with Gasteiger partial charge in [0.15, 0.2) is 0 Å². The Labute approximate surface area is 168 Å². The molecule has 6 nitrogen and oxygen atoms in total.